The summed E-state index contributed by atoms with van der Waals surface area (Å²) in [6.07, 6.45) is -3.45. The smallest absolute Gasteiger partial charge is 0.402 e. The Hall–Kier alpha value is -3.31. The lowest BCUT2D eigenvalue weighted by Gasteiger charge is -2.12. The average molecular weight is 454 g/mol. The molecule has 0 atom stereocenters. The highest BCUT2D eigenvalue weighted by atomic mass is 19.4. The third-order valence-corrected chi connectivity index (χ3v) is 4.19. The number of hydrogen-bond acceptors (Lipinski definition) is 6. The van der Waals surface area contributed by atoms with Crippen LogP contribution in [0.15, 0.2) is 52.8 Å². The standard InChI is InChI=1S/C21H22F4N4O3/c1-12(26)19(20(32)28-4-5-30)18(11-31)29-16-2-3-27-17(10-16)8-13-6-14(21(23,24)25)9-15(22)7-13/h2-3,6-7,9-10,30-31H,4-5,8,11,26H2,1H3,(H,28,32)/b19-12+,29-18?. The maximum Gasteiger partial charge on any atom is 0.416 e. The second-order valence-corrected chi connectivity index (χ2v) is 6.78. The lowest BCUT2D eigenvalue weighted by atomic mass is 10.0. The Labute approximate surface area is 181 Å². The van der Waals surface area contributed by atoms with Crippen molar-refractivity contribution in [2.45, 2.75) is 19.5 Å². The highest BCUT2D eigenvalue weighted by Crippen LogP contribution is 2.31. The minimum atomic E-state index is -4.69. The van der Waals surface area contributed by atoms with Crippen LogP contribution in [0.3, 0.4) is 0 Å². The topological polar surface area (TPSA) is 121 Å². The maximum atomic E-state index is 13.6. The van der Waals surface area contributed by atoms with Crippen LogP contribution >= 0.6 is 0 Å². The van der Waals surface area contributed by atoms with Crippen molar-refractivity contribution in [1.82, 2.24) is 10.3 Å². The van der Waals surface area contributed by atoms with Gasteiger partial charge in [0.25, 0.3) is 5.91 Å². The zero-order valence-electron chi connectivity index (χ0n) is 17.1. The molecule has 1 aromatic heterocycles. The van der Waals surface area contributed by atoms with Gasteiger partial charge in [0.2, 0.25) is 0 Å². The molecule has 0 spiro atoms. The van der Waals surface area contributed by atoms with Gasteiger partial charge in [0.15, 0.2) is 0 Å². The fraction of sp³-hybridized carbons (Fsp3) is 0.286. The van der Waals surface area contributed by atoms with Crippen LogP contribution in [0, 0.1) is 5.82 Å². The molecule has 2 rings (SSSR count). The van der Waals surface area contributed by atoms with Gasteiger partial charge in [-0.1, -0.05) is 0 Å². The molecule has 0 unspecified atom stereocenters. The minimum Gasteiger partial charge on any atom is -0.402 e. The first-order valence-electron chi connectivity index (χ1n) is 9.41. The zero-order chi connectivity index (χ0) is 23.9. The van der Waals surface area contributed by atoms with E-state index in [-0.39, 0.29) is 47.8 Å². The highest BCUT2D eigenvalue weighted by molar-refractivity contribution is 6.23. The van der Waals surface area contributed by atoms with Crippen LogP contribution in [0.1, 0.15) is 23.7 Å². The van der Waals surface area contributed by atoms with E-state index in [4.69, 9.17) is 10.8 Å². The number of pyridine rings is 1. The number of benzene rings is 1. The highest BCUT2D eigenvalue weighted by Gasteiger charge is 2.31. The monoisotopic (exact) mass is 454 g/mol. The number of nitrogens with zero attached hydrogens (tertiary/aromatic N) is 2. The van der Waals surface area contributed by atoms with Crippen LogP contribution in [-0.4, -0.2) is 46.6 Å². The molecule has 172 valence electrons. The zero-order valence-corrected chi connectivity index (χ0v) is 17.1. The number of aliphatic hydroxyl groups excluding tert-OH is 2. The van der Waals surface area contributed by atoms with Crippen molar-refractivity contribution in [3.63, 3.8) is 0 Å². The van der Waals surface area contributed by atoms with Gasteiger partial charge in [-0.05, 0) is 42.8 Å². The van der Waals surface area contributed by atoms with E-state index in [1.165, 1.54) is 25.3 Å². The fourth-order valence-electron chi connectivity index (χ4n) is 2.88. The summed E-state index contributed by atoms with van der Waals surface area (Å²) in [6, 6.07) is 5.13. The molecule has 0 radical (unpaired) electrons. The Morgan fingerprint density at radius 3 is 2.53 bits per heavy atom. The molecule has 7 nitrogen and oxygen atoms in total. The third kappa shape index (κ3) is 6.86. The molecule has 1 amide bonds. The lowest BCUT2D eigenvalue weighted by molar-refractivity contribution is -0.137. The van der Waals surface area contributed by atoms with E-state index in [1.807, 2.05) is 0 Å². The number of hydrogen-bond donors (Lipinski definition) is 4. The number of halogens is 4. The van der Waals surface area contributed by atoms with Crippen molar-refractivity contribution >= 4 is 17.3 Å². The molecule has 0 aliphatic carbocycles. The number of alkyl halides is 3. The summed E-state index contributed by atoms with van der Waals surface area (Å²) in [6.45, 7) is 0.492. The van der Waals surface area contributed by atoms with Gasteiger partial charge in [0, 0.05) is 30.6 Å². The van der Waals surface area contributed by atoms with Crippen LogP contribution in [0.25, 0.3) is 0 Å². The maximum absolute atomic E-state index is 13.6. The number of aliphatic hydroxyl groups is 2. The predicted molar refractivity (Wildman–Crippen MR) is 110 cm³/mol. The van der Waals surface area contributed by atoms with Gasteiger partial charge in [0.1, 0.15) is 5.82 Å². The Morgan fingerprint density at radius 2 is 1.94 bits per heavy atom. The van der Waals surface area contributed by atoms with Crippen molar-refractivity contribution in [2.75, 3.05) is 19.8 Å². The number of rotatable bonds is 8. The molecule has 0 aliphatic heterocycles. The normalized spacial score (nSPS) is 13.0. The van der Waals surface area contributed by atoms with E-state index < -0.39 is 30.1 Å². The molecule has 11 heteroatoms. The van der Waals surface area contributed by atoms with Crippen LogP contribution in [-0.2, 0) is 17.4 Å². The molecule has 2 aromatic rings. The summed E-state index contributed by atoms with van der Waals surface area (Å²) in [4.78, 5) is 20.6. The van der Waals surface area contributed by atoms with Crippen molar-refractivity contribution < 1.29 is 32.6 Å². The van der Waals surface area contributed by atoms with Crippen LogP contribution in [0.2, 0.25) is 0 Å². The largest absolute Gasteiger partial charge is 0.416 e. The molecule has 32 heavy (non-hydrogen) atoms. The van der Waals surface area contributed by atoms with Gasteiger partial charge in [-0.25, -0.2) is 9.38 Å². The van der Waals surface area contributed by atoms with E-state index in [2.05, 4.69) is 15.3 Å². The SMILES string of the molecule is C/C(N)=C(\C(=O)NCCO)C(CO)=Nc1ccnc(Cc2cc(F)cc(C(F)(F)F)c2)c1. The first-order valence-corrected chi connectivity index (χ1v) is 9.41. The van der Waals surface area contributed by atoms with E-state index in [1.54, 1.807) is 0 Å². The number of aromatic nitrogens is 1. The summed E-state index contributed by atoms with van der Waals surface area (Å²) in [5.74, 6) is -1.66. The molecule has 0 saturated heterocycles. The van der Waals surface area contributed by atoms with Crippen LogP contribution in [0.5, 0.6) is 0 Å². The van der Waals surface area contributed by atoms with Gasteiger partial charge >= 0.3 is 6.18 Å². The summed E-state index contributed by atoms with van der Waals surface area (Å²) in [5.41, 5.74) is 5.22. The summed E-state index contributed by atoms with van der Waals surface area (Å²) in [5, 5.41) is 21.0. The number of amides is 1. The van der Waals surface area contributed by atoms with Crippen LogP contribution < -0.4 is 11.1 Å². The summed E-state index contributed by atoms with van der Waals surface area (Å²) < 4.78 is 52.4. The third-order valence-electron chi connectivity index (χ3n) is 4.19. The second kappa shape index (κ2) is 10.8. The number of nitrogens with two attached hydrogens (primary N) is 1. The Morgan fingerprint density at radius 1 is 1.22 bits per heavy atom. The minimum absolute atomic E-state index is 0.0265. The molecule has 0 bridgehead atoms. The summed E-state index contributed by atoms with van der Waals surface area (Å²) in [7, 11) is 0. The first kappa shape index (κ1) is 25.0. The van der Waals surface area contributed by atoms with Crippen molar-refractivity contribution in [2.24, 2.45) is 10.7 Å². The van der Waals surface area contributed by atoms with Gasteiger partial charge in [0.05, 0.1) is 35.7 Å². The molecule has 1 aromatic carbocycles. The Kier molecular flexibility index (Phi) is 8.44. The molecule has 5 N–H and O–H groups in total. The fourth-order valence-corrected chi connectivity index (χ4v) is 2.88. The number of allylic oxidation sites excluding steroid dienone is 1. The number of nitrogens with one attached hydrogen (secondary N) is 1. The summed E-state index contributed by atoms with van der Waals surface area (Å²) >= 11 is 0. The molecule has 0 fully saturated rings. The number of carbonyl (C=O) groups is 1. The van der Waals surface area contributed by atoms with E-state index in [0.717, 1.165) is 12.1 Å². The lowest BCUT2D eigenvalue weighted by Crippen LogP contribution is -2.33. The van der Waals surface area contributed by atoms with E-state index in [9.17, 15) is 27.5 Å². The number of carbonyl (C=O) groups excluding carboxylic acids is 1. The second-order valence-electron chi connectivity index (χ2n) is 6.78. The Balaban J connectivity index is 2.36. The molecule has 0 aliphatic rings. The van der Waals surface area contributed by atoms with Crippen molar-refractivity contribution in [1.29, 1.82) is 0 Å². The van der Waals surface area contributed by atoms with E-state index >= 15 is 0 Å². The first-order chi connectivity index (χ1) is 15.0. The predicted octanol–water partition coefficient (Wildman–Crippen LogP) is 2.24. The van der Waals surface area contributed by atoms with Gasteiger partial charge in [-0.3, -0.25) is 9.78 Å². The van der Waals surface area contributed by atoms with Gasteiger partial charge < -0.3 is 21.3 Å². The number of aliphatic imine (C=N–C) groups is 1. The van der Waals surface area contributed by atoms with Crippen molar-refractivity contribution in [3.8, 4) is 0 Å². The quantitative estimate of drug-likeness (QED) is 0.277. The molecular weight excluding hydrogens is 432 g/mol. The molecule has 1 heterocycles. The molecule has 0 saturated carbocycles. The van der Waals surface area contributed by atoms with Crippen LogP contribution in [0.4, 0.5) is 23.2 Å². The average Bonchev–Trinajstić information content (AvgIpc) is 2.70. The Bertz CT molecular complexity index is 1030. The van der Waals surface area contributed by atoms with E-state index in [0.29, 0.717) is 11.8 Å². The molecular formula is C21H22F4N4O3. The van der Waals surface area contributed by atoms with Gasteiger partial charge in [-0.15, -0.1) is 0 Å². The van der Waals surface area contributed by atoms with Gasteiger partial charge in [-0.2, -0.15) is 13.2 Å². The van der Waals surface area contributed by atoms with Crippen molar-refractivity contribution in [3.05, 3.63) is 70.4 Å².